The highest BCUT2D eigenvalue weighted by molar-refractivity contribution is 7.98. The van der Waals surface area contributed by atoms with Crippen LogP contribution in [0.2, 0.25) is 0 Å². The van der Waals surface area contributed by atoms with Gasteiger partial charge in [-0.05, 0) is 42.7 Å². The van der Waals surface area contributed by atoms with Gasteiger partial charge in [0.2, 0.25) is 0 Å². The first-order valence-electron chi connectivity index (χ1n) is 6.14. The average Bonchev–Trinajstić information content (AvgIpc) is 2.93. The maximum absolute atomic E-state index is 9.39. The number of hydrogen-bond donors (Lipinski definition) is 1. The molecule has 3 aromatic rings. The summed E-state index contributed by atoms with van der Waals surface area (Å²) in [6.07, 6.45) is 1.98. The van der Waals surface area contributed by atoms with Gasteiger partial charge in [0, 0.05) is 11.3 Å². The fraction of sp³-hybridized carbons (Fsp3) is 0.0667. The third-order valence-electron chi connectivity index (χ3n) is 2.96. The lowest BCUT2D eigenvalue weighted by molar-refractivity contribution is 0.475. The minimum Gasteiger partial charge on any atom is -0.508 e. The molecule has 0 saturated carbocycles. The Balaban J connectivity index is 2.17. The highest BCUT2D eigenvalue weighted by atomic mass is 32.2. The summed E-state index contributed by atoms with van der Waals surface area (Å²) in [5.74, 6) is 1.00. The highest BCUT2D eigenvalue weighted by Gasteiger charge is 2.14. The molecule has 0 aliphatic carbocycles. The van der Waals surface area contributed by atoms with E-state index >= 15 is 0 Å². The lowest BCUT2D eigenvalue weighted by Crippen LogP contribution is -1.98. The predicted octanol–water partition coefficient (Wildman–Crippen LogP) is 3.36. The van der Waals surface area contributed by atoms with E-state index in [-0.39, 0.29) is 5.75 Å². The third kappa shape index (κ3) is 2.28. The SMILES string of the molecule is CSc1nnc(-c2ccc(O)cc2)n1-c1ccccc1. The summed E-state index contributed by atoms with van der Waals surface area (Å²) in [6.45, 7) is 0. The van der Waals surface area contributed by atoms with Crippen molar-refractivity contribution in [3.8, 4) is 22.8 Å². The van der Waals surface area contributed by atoms with E-state index in [0.29, 0.717) is 0 Å². The van der Waals surface area contributed by atoms with Gasteiger partial charge in [0.05, 0.1) is 0 Å². The molecule has 1 aromatic heterocycles. The quantitative estimate of drug-likeness (QED) is 0.749. The number of para-hydroxylation sites is 1. The van der Waals surface area contributed by atoms with Crippen molar-refractivity contribution in [2.24, 2.45) is 0 Å². The Morgan fingerprint density at radius 1 is 0.950 bits per heavy atom. The molecule has 2 aromatic carbocycles. The number of phenolic OH excluding ortho intramolecular Hbond substituents is 1. The molecule has 100 valence electrons. The molecular formula is C15H13N3OS. The molecule has 0 aliphatic heterocycles. The van der Waals surface area contributed by atoms with E-state index in [1.165, 1.54) is 0 Å². The number of benzene rings is 2. The molecule has 20 heavy (non-hydrogen) atoms. The van der Waals surface area contributed by atoms with Gasteiger partial charge in [-0.3, -0.25) is 4.57 Å². The van der Waals surface area contributed by atoms with Crippen molar-refractivity contribution in [1.82, 2.24) is 14.8 Å². The number of thioether (sulfide) groups is 1. The Kier molecular flexibility index (Phi) is 3.43. The Morgan fingerprint density at radius 3 is 2.30 bits per heavy atom. The topological polar surface area (TPSA) is 50.9 Å². The monoisotopic (exact) mass is 283 g/mol. The van der Waals surface area contributed by atoms with Crippen LogP contribution in [-0.2, 0) is 0 Å². The minimum atomic E-state index is 0.240. The molecule has 0 saturated heterocycles. The molecule has 0 unspecified atom stereocenters. The van der Waals surface area contributed by atoms with E-state index in [1.807, 2.05) is 53.3 Å². The number of hydrogen-bond acceptors (Lipinski definition) is 4. The zero-order chi connectivity index (χ0) is 13.9. The van der Waals surface area contributed by atoms with Crippen LogP contribution in [0.25, 0.3) is 17.1 Å². The molecular weight excluding hydrogens is 270 g/mol. The smallest absolute Gasteiger partial charge is 0.195 e. The standard InChI is InChI=1S/C15H13N3OS/c1-20-15-17-16-14(11-7-9-13(19)10-8-11)18(15)12-5-3-2-4-6-12/h2-10,19H,1H3. The van der Waals surface area contributed by atoms with Crippen LogP contribution >= 0.6 is 11.8 Å². The van der Waals surface area contributed by atoms with Crippen LogP contribution in [0.1, 0.15) is 0 Å². The fourth-order valence-electron chi connectivity index (χ4n) is 2.01. The second-order valence-corrected chi connectivity index (χ2v) is 5.00. The largest absolute Gasteiger partial charge is 0.508 e. The molecule has 1 N–H and O–H groups in total. The summed E-state index contributed by atoms with van der Waals surface area (Å²) in [5.41, 5.74) is 1.93. The van der Waals surface area contributed by atoms with Gasteiger partial charge in [0.1, 0.15) is 5.75 Å². The lowest BCUT2D eigenvalue weighted by Gasteiger charge is -2.09. The van der Waals surface area contributed by atoms with Crippen molar-refractivity contribution in [3.63, 3.8) is 0 Å². The second-order valence-electron chi connectivity index (χ2n) is 4.23. The predicted molar refractivity (Wildman–Crippen MR) is 80.2 cm³/mol. The average molecular weight is 283 g/mol. The normalized spacial score (nSPS) is 10.7. The van der Waals surface area contributed by atoms with E-state index in [2.05, 4.69) is 10.2 Å². The molecule has 0 aliphatic rings. The first-order chi connectivity index (χ1) is 9.79. The molecule has 0 radical (unpaired) electrons. The summed E-state index contributed by atoms with van der Waals surface area (Å²) in [5, 5.41) is 18.7. The van der Waals surface area contributed by atoms with Gasteiger partial charge >= 0.3 is 0 Å². The van der Waals surface area contributed by atoms with Crippen LogP contribution in [0.3, 0.4) is 0 Å². The Hall–Kier alpha value is -2.27. The van der Waals surface area contributed by atoms with Crippen molar-refractivity contribution >= 4 is 11.8 Å². The van der Waals surface area contributed by atoms with Crippen molar-refractivity contribution in [2.75, 3.05) is 6.26 Å². The zero-order valence-electron chi connectivity index (χ0n) is 10.9. The molecule has 1 heterocycles. The zero-order valence-corrected chi connectivity index (χ0v) is 11.7. The van der Waals surface area contributed by atoms with Crippen molar-refractivity contribution in [2.45, 2.75) is 5.16 Å². The van der Waals surface area contributed by atoms with Crippen LogP contribution in [0.15, 0.2) is 59.8 Å². The summed E-state index contributed by atoms with van der Waals surface area (Å²) in [4.78, 5) is 0. The summed E-state index contributed by atoms with van der Waals surface area (Å²) < 4.78 is 2.01. The first-order valence-corrected chi connectivity index (χ1v) is 7.36. The Labute approximate surface area is 121 Å². The highest BCUT2D eigenvalue weighted by Crippen LogP contribution is 2.27. The van der Waals surface area contributed by atoms with Gasteiger partial charge in [-0.15, -0.1) is 10.2 Å². The van der Waals surface area contributed by atoms with Crippen LogP contribution in [-0.4, -0.2) is 26.1 Å². The third-order valence-corrected chi connectivity index (χ3v) is 3.59. The van der Waals surface area contributed by atoms with Crippen LogP contribution in [0, 0.1) is 0 Å². The van der Waals surface area contributed by atoms with E-state index in [1.54, 1.807) is 23.9 Å². The lowest BCUT2D eigenvalue weighted by atomic mass is 10.2. The summed E-state index contributed by atoms with van der Waals surface area (Å²) in [7, 11) is 0. The number of aromatic hydroxyl groups is 1. The van der Waals surface area contributed by atoms with Gasteiger partial charge in [-0.2, -0.15) is 0 Å². The van der Waals surface area contributed by atoms with Crippen molar-refractivity contribution < 1.29 is 5.11 Å². The Morgan fingerprint density at radius 2 is 1.65 bits per heavy atom. The van der Waals surface area contributed by atoms with Gasteiger partial charge in [-0.25, -0.2) is 0 Å². The Bertz CT molecular complexity index is 708. The van der Waals surface area contributed by atoms with E-state index in [4.69, 9.17) is 0 Å². The van der Waals surface area contributed by atoms with E-state index in [0.717, 1.165) is 22.2 Å². The molecule has 0 bridgehead atoms. The van der Waals surface area contributed by atoms with Crippen LogP contribution in [0.5, 0.6) is 5.75 Å². The van der Waals surface area contributed by atoms with E-state index in [9.17, 15) is 5.11 Å². The molecule has 4 nitrogen and oxygen atoms in total. The second kappa shape index (κ2) is 5.38. The van der Waals surface area contributed by atoms with Gasteiger partial charge in [0.15, 0.2) is 11.0 Å². The molecule has 5 heteroatoms. The van der Waals surface area contributed by atoms with Crippen LogP contribution < -0.4 is 0 Å². The van der Waals surface area contributed by atoms with Crippen LogP contribution in [0.4, 0.5) is 0 Å². The maximum Gasteiger partial charge on any atom is 0.195 e. The number of aromatic nitrogens is 3. The summed E-state index contributed by atoms with van der Waals surface area (Å²) in [6, 6.07) is 17.0. The molecule has 0 atom stereocenters. The van der Waals surface area contributed by atoms with Gasteiger partial charge in [-0.1, -0.05) is 30.0 Å². The van der Waals surface area contributed by atoms with Crippen molar-refractivity contribution in [1.29, 1.82) is 0 Å². The number of phenols is 1. The molecule has 3 rings (SSSR count). The minimum absolute atomic E-state index is 0.240. The fourth-order valence-corrected chi connectivity index (χ4v) is 2.51. The molecule has 0 spiro atoms. The molecule has 0 amide bonds. The van der Waals surface area contributed by atoms with Crippen molar-refractivity contribution in [3.05, 3.63) is 54.6 Å². The number of nitrogens with zero attached hydrogens (tertiary/aromatic N) is 3. The molecule has 0 fully saturated rings. The maximum atomic E-state index is 9.39. The number of rotatable bonds is 3. The summed E-state index contributed by atoms with van der Waals surface area (Å²) >= 11 is 1.55. The van der Waals surface area contributed by atoms with Gasteiger partial charge in [0.25, 0.3) is 0 Å². The van der Waals surface area contributed by atoms with E-state index < -0.39 is 0 Å². The first kappa shape index (κ1) is 12.7. The van der Waals surface area contributed by atoms with Gasteiger partial charge < -0.3 is 5.11 Å².